The molecule has 1 atom stereocenters. The predicted octanol–water partition coefficient (Wildman–Crippen LogP) is 2.58. The molecule has 0 saturated carbocycles. The normalized spacial score (nSPS) is 18.6. The van der Waals surface area contributed by atoms with E-state index in [0.717, 1.165) is 36.1 Å². The Balaban J connectivity index is 2.46. The number of thiophene rings is 1. The number of aryl methyl sites for hydroxylation is 1. The molecule has 1 heterocycles. The average Bonchev–Trinajstić information content (AvgIpc) is 2.53. The van der Waals surface area contributed by atoms with Gasteiger partial charge in [-0.1, -0.05) is 6.42 Å². The first-order chi connectivity index (χ1) is 8.69. The van der Waals surface area contributed by atoms with Crippen molar-refractivity contribution in [2.45, 2.75) is 38.5 Å². The molecule has 0 amide bonds. The van der Waals surface area contributed by atoms with Crippen LogP contribution in [0.2, 0.25) is 0 Å². The Morgan fingerprint density at radius 1 is 1.61 bits per heavy atom. The second kappa shape index (κ2) is 5.40. The smallest absolute Gasteiger partial charge is 0.313 e. The average molecular weight is 264 g/mol. The molecule has 1 aromatic heterocycles. The summed E-state index contributed by atoms with van der Waals surface area (Å²) in [5.74, 6) is -0.541. The van der Waals surface area contributed by atoms with Crippen LogP contribution in [0.15, 0.2) is 0 Å². The lowest BCUT2D eigenvalue weighted by atomic mass is 9.93. The van der Waals surface area contributed by atoms with E-state index in [1.54, 1.807) is 6.92 Å². The van der Waals surface area contributed by atoms with Crippen LogP contribution < -0.4 is 5.73 Å². The van der Waals surface area contributed by atoms with E-state index in [1.165, 1.54) is 11.3 Å². The fourth-order valence-electron chi connectivity index (χ4n) is 2.44. The highest BCUT2D eigenvalue weighted by Gasteiger charge is 2.31. The Morgan fingerprint density at radius 3 is 3.06 bits per heavy atom. The number of esters is 1. The topological polar surface area (TPSA) is 76.1 Å². The summed E-state index contributed by atoms with van der Waals surface area (Å²) in [5, 5.41) is 9.74. The van der Waals surface area contributed by atoms with Gasteiger partial charge in [-0.2, -0.15) is 5.26 Å². The summed E-state index contributed by atoms with van der Waals surface area (Å²) >= 11 is 1.44. The van der Waals surface area contributed by atoms with Crippen LogP contribution >= 0.6 is 11.3 Å². The number of fused-ring (bicyclic) bond motifs is 1. The molecule has 4 nitrogen and oxygen atoms in total. The third kappa shape index (κ3) is 2.21. The molecule has 2 rings (SSSR count). The lowest BCUT2D eigenvalue weighted by molar-refractivity contribution is -0.145. The van der Waals surface area contributed by atoms with E-state index in [2.05, 4.69) is 6.07 Å². The first-order valence-corrected chi connectivity index (χ1v) is 6.98. The number of hydrogen-bond donors (Lipinski definition) is 1. The van der Waals surface area contributed by atoms with E-state index in [1.807, 2.05) is 0 Å². The number of nitriles is 1. The molecule has 1 aliphatic rings. The van der Waals surface area contributed by atoms with Crippen molar-refractivity contribution < 1.29 is 9.53 Å². The van der Waals surface area contributed by atoms with Crippen LogP contribution in [0.25, 0.3) is 0 Å². The van der Waals surface area contributed by atoms with Gasteiger partial charge in [0.15, 0.2) is 0 Å². The zero-order valence-electron chi connectivity index (χ0n) is 10.4. The number of rotatable bonds is 2. The number of carbonyl (C=O) groups excluding carboxylic acids is 1. The van der Waals surface area contributed by atoms with Crippen molar-refractivity contribution in [2.75, 3.05) is 12.3 Å². The van der Waals surface area contributed by atoms with Gasteiger partial charge in [-0.05, 0) is 26.2 Å². The molecule has 18 heavy (non-hydrogen) atoms. The molecule has 0 unspecified atom stereocenters. The first kappa shape index (κ1) is 12.9. The minimum absolute atomic E-state index is 0.227. The molecular weight excluding hydrogens is 248 g/mol. The van der Waals surface area contributed by atoms with Crippen molar-refractivity contribution in [1.29, 1.82) is 5.26 Å². The van der Waals surface area contributed by atoms with Crippen LogP contribution in [-0.2, 0) is 16.0 Å². The van der Waals surface area contributed by atoms with Crippen LogP contribution in [0.5, 0.6) is 0 Å². The van der Waals surface area contributed by atoms with E-state index in [4.69, 9.17) is 10.5 Å². The van der Waals surface area contributed by atoms with E-state index in [-0.39, 0.29) is 11.9 Å². The van der Waals surface area contributed by atoms with Gasteiger partial charge in [-0.3, -0.25) is 4.79 Å². The Hall–Kier alpha value is -1.54. The monoisotopic (exact) mass is 264 g/mol. The SMILES string of the molecule is CCOC(=O)[C@H]1CCCCc2sc(N)c(C#N)c21. The number of nitrogens with zero attached hydrogens (tertiary/aromatic N) is 1. The van der Waals surface area contributed by atoms with E-state index in [9.17, 15) is 10.1 Å². The van der Waals surface area contributed by atoms with Crippen molar-refractivity contribution in [1.82, 2.24) is 0 Å². The van der Waals surface area contributed by atoms with Crippen molar-refractivity contribution in [3.05, 3.63) is 16.0 Å². The quantitative estimate of drug-likeness (QED) is 0.658. The van der Waals surface area contributed by atoms with Crippen LogP contribution in [0.3, 0.4) is 0 Å². The van der Waals surface area contributed by atoms with E-state index >= 15 is 0 Å². The van der Waals surface area contributed by atoms with E-state index < -0.39 is 0 Å². The second-order valence-electron chi connectivity index (χ2n) is 4.34. The number of hydrogen-bond acceptors (Lipinski definition) is 5. The minimum Gasteiger partial charge on any atom is -0.466 e. The molecule has 0 aromatic carbocycles. The van der Waals surface area contributed by atoms with Gasteiger partial charge < -0.3 is 10.5 Å². The van der Waals surface area contributed by atoms with Crippen molar-refractivity contribution >= 4 is 22.3 Å². The van der Waals surface area contributed by atoms with Gasteiger partial charge in [0, 0.05) is 10.4 Å². The summed E-state index contributed by atoms with van der Waals surface area (Å²) in [6.07, 6.45) is 3.67. The maximum absolute atomic E-state index is 12.0. The van der Waals surface area contributed by atoms with Crippen molar-refractivity contribution in [3.8, 4) is 6.07 Å². The van der Waals surface area contributed by atoms with Crippen LogP contribution in [0.1, 0.15) is 48.1 Å². The molecule has 0 spiro atoms. The fraction of sp³-hybridized carbons (Fsp3) is 0.538. The molecular formula is C13H16N2O2S. The first-order valence-electron chi connectivity index (χ1n) is 6.16. The summed E-state index contributed by atoms with van der Waals surface area (Å²) in [4.78, 5) is 13.1. The third-order valence-electron chi connectivity index (χ3n) is 3.23. The largest absolute Gasteiger partial charge is 0.466 e. The van der Waals surface area contributed by atoms with Gasteiger partial charge in [-0.25, -0.2) is 0 Å². The molecule has 2 N–H and O–H groups in total. The number of nitrogen functional groups attached to an aromatic ring is 1. The third-order valence-corrected chi connectivity index (χ3v) is 4.32. The van der Waals surface area contributed by atoms with Gasteiger partial charge >= 0.3 is 5.97 Å². The number of ether oxygens (including phenoxy) is 1. The molecule has 0 aliphatic heterocycles. The fourth-order valence-corrected chi connectivity index (χ4v) is 3.56. The maximum Gasteiger partial charge on any atom is 0.313 e. The second-order valence-corrected chi connectivity index (χ2v) is 5.48. The lowest BCUT2D eigenvalue weighted by Crippen LogP contribution is -2.16. The van der Waals surface area contributed by atoms with Crippen LogP contribution in [0, 0.1) is 11.3 Å². The lowest BCUT2D eigenvalue weighted by Gasteiger charge is -2.14. The van der Waals surface area contributed by atoms with Gasteiger partial charge in [-0.15, -0.1) is 11.3 Å². The molecule has 0 fully saturated rings. The summed E-state index contributed by atoms with van der Waals surface area (Å²) in [6.45, 7) is 2.16. The standard InChI is InChI=1S/C13H16N2O2S/c1-2-17-13(16)8-5-3-4-6-10-11(8)9(7-14)12(15)18-10/h8H,2-6,15H2,1H3/t8-/m0/s1. The van der Waals surface area contributed by atoms with Crippen LogP contribution in [-0.4, -0.2) is 12.6 Å². The number of carbonyl (C=O) groups is 1. The molecule has 96 valence electrons. The zero-order chi connectivity index (χ0) is 13.1. The maximum atomic E-state index is 12.0. The summed E-state index contributed by atoms with van der Waals surface area (Å²) in [5.41, 5.74) is 7.17. The van der Waals surface area contributed by atoms with E-state index in [0.29, 0.717) is 17.2 Å². The molecule has 0 saturated heterocycles. The summed E-state index contributed by atoms with van der Waals surface area (Å²) in [7, 11) is 0. The highest BCUT2D eigenvalue weighted by Crippen LogP contribution is 2.41. The molecule has 0 bridgehead atoms. The highest BCUT2D eigenvalue weighted by atomic mass is 32.1. The van der Waals surface area contributed by atoms with Gasteiger partial charge in [0.25, 0.3) is 0 Å². The number of nitrogens with two attached hydrogens (primary N) is 1. The van der Waals surface area contributed by atoms with Gasteiger partial charge in [0.05, 0.1) is 18.1 Å². The summed E-state index contributed by atoms with van der Waals surface area (Å²) in [6, 6.07) is 2.14. The Kier molecular flexibility index (Phi) is 3.87. The Labute approximate surface area is 110 Å². The summed E-state index contributed by atoms with van der Waals surface area (Å²) < 4.78 is 5.12. The van der Waals surface area contributed by atoms with Gasteiger partial charge in [0.2, 0.25) is 0 Å². The molecule has 0 radical (unpaired) electrons. The Bertz CT molecular complexity index is 502. The van der Waals surface area contributed by atoms with Crippen molar-refractivity contribution in [3.63, 3.8) is 0 Å². The predicted molar refractivity (Wildman–Crippen MR) is 70.4 cm³/mol. The van der Waals surface area contributed by atoms with Crippen molar-refractivity contribution in [2.24, 2.45) is 0 Å². The van der Waals surface area contributed by atoms with Gasteiger partial charge in [0.1, 0.15) is 11.1 Å². The molecule has 1 aliphatic carbocycles. The minimum atomic E-state index is -0.314. The molecule has 5 heteroatoms. The molecule has 1 aromatic rings. The highest BCUT2D eigenvalue weighted by molar-refractivity contribution is 7.16. The zero-order valence-corrected chi connectivity index (χ0v) is 11.2. The van der Waals surface area contributed by atoms with Crippen LogP contribution in [0.4, 0.5) is 5.00 Å². The number of anilines is 1. The Morgan fingerprint density at radius 2 is 2.39 bits per heavy atom.